The lowest BCUT2D eigenvalue weighted by Crippen LogP contribution is -2.10. The van der Waals surface area contributed by atoms with Gasteiger partial charge in [-0.3, -0.25) is 0 Å². The van der Waals surface area contributed by atoms with E-state index in [1.807, 2.05) is 18.2 Å². The zero-order valence-electron chi connectivity index (χ0n) is 20.2. The molecule has 0 aliphatic carbocycles. The number of carbonyl (C=O) groups is 1. The first-order valence-corrected chi connectivity index (χ1v) is 16.5. The van der Waals surface area contributed by atoms with E-state index in [9.17, 15) is 21.6 Å². The largest absolute Gasteiger partial charge is 0.481 e. The molecule has 1 N–H and O–H groups in total. The fourth-order valence-corrected chi connectivity index (χ4v) is 5.83. The summed E-state index contributed by atoms with van der Waals surface area (Å²) in [6.07, 6.45) is 3.84. The monoisotopic (exact) mass is 690 g/mol. The van der Waals surface area contributed by atoms with Crippen LogP contribution in [0.3, 0.4) is 0 Å². The minimum Gasteiger partial charge on any atom is -0.481 e. The van der Waals surface area contributed by atoms with Crippen molar-refractivity contribution >= 4 is 66.1 Å². The third-order valence-electron chi connectivity index (χ3n) is 4.58. The second-order valence-corrected chi connectivity index (χ2v) is 13.2. The summed E-state index contributed by atoms with van der Waals surface area (Å²) in [7, 11) is -7.47. The van der Waals surface area contributed by atoms with Crippen LogP contribution in [-0.4, -0.2) is 52.8 Å². The van der Waals surface area contributed by atoms with E-state index in [1.165, 1.54) is 23.9 Å². The van der Waals surface area contributed by atoms with Crippen molar-refractivity contribution in [2.24, 2.45) is 0 Å². The first kappa shape index (κ1) is 29.8. The van der Waals surface area contributed by atoms with Crippen LogP contribution < -0.4 is 13.1 Å². The molecule has 3 aromatic carbocycles. The van der Waals surface area contributed by atoms with E-state index in [0.717, 1.165) is 21.0 Å². The van der Waals surface area contributed by atoms with Gasteiger partial charge in [0.15, 0.2) is 6.61 Å². The van der Waals surface area contributed by atoms with Gasteiger partial charge in [-0.25, -0.2) is 4.79 Å². The van der Waals surface area contributed by atoms with Crippen LogP contribution >= 0.6 is 34.4 Å². The molecule has 13 heteroatoms. The van der Waals surface area contributed by atoms with Crippen LogP contribution in [0, 0.1) is 3.57 Å². The summed E-state index contributed by atoms with van der Waals surface area (Å²) in [5.41, 5.74) is 2.00. The SMILES string of the molecule is CS(=O)(=O)Oc1cccc(C(=CCSc2ccc(OCC(=O)O)c(I)c2)c2cccc(OS(C)(=O)=O)c2)c1. The molecule has 3 aromatic rings. The number of ether oxygens (including phenoxy) is 1. The van der Waals surface area contributed by atoms with Gasteiger partial charge in [0.05, 0.1) is 16.1 Å². The van der Waals surface area contributed by atoms with Crippen LogP contribution in [0.1, 0.15) is 11.1 Å². The summed E-state index contributed by atoms with van der Waals surface area (Å²) in [4.78, 5) is 11.7. The number of aliphatic carboxylic acids is 1. The Bertz CT molecular complexity index is 1490. The molecule has 0 amide bonds. The molecule has 0 bridgehead atoms. The first-order valence-electron chi connectivity index (χ1n) is 10.8. The highest BCUT2D eigenvalue weighted by Crippen LogP contribution is 2.32. The summed E-state index contributed by atoms with van der Waals surface area (Å²) in [5, 5.41) is 8.81. The van der Waals surface area contributed by atoms with Gasteiger partial charge in [-0.05, 0) is 81.8 Å². The number of benzene rings is 3. The van der Waals surface area contributed by atoms with Crippen molar-refractivity contribution in [3.63, 3.8) is 0 Å². The number of hydrogen-bond donors (Lipinski definition) is 1. The molecule has 0 spiro atoms. The fourth-order valence-electron chi connectivity index (χ4n) is 3.23. The van der Waals surface area contributed by atoms with Gasteiger partial charge < -0.3 is 18.2 Å². The zero-order chi connectivity index (χ0) is 27.9. The molecule has 0 atom stereocenters. The van der Waals surface area contributed by atoms with Crippen molar-refractivity contribution in [2.75, 3.05) is 24.9 Å². The Balaban J connectivity index is 1.93. The molecule has 0 heterocycles. The Kier molecular flexibility index (Phi) is 10.1. The van der Waals surface area contributed by atoms with Crippen molar-refractivity contribution in [3.05, 3.63) is 87.5 Å². The maximum Gasteiger partial charge on any atom is 0.341 e. The van der Waals surface area contributed by atoms with Crippen molar-refractivity contribution in [2.45, 2.75) is 4.90 Å². The standard InChI is InChI=1S/C25H23IO9S3/c1-37(29,30)34-19-7-3-5-17(13-19)22(18-6-4-8-20(14-18)35-38(2,31)32)11-12-36-21-9-10-24(23(26)15-21)33-16-25(27)28/h3-11,13-15H,12,16H2,1-2H3,(H,27,28). The van der Waals surface area contributed by atoms with E-state index in [-0.39, 0.29) is 11.5 Å². The molecule has 0 aliphatic rings. The second kappa shape index (κ2) is 12.9. The quantitative estimate of drug-likeness (QED) is 0.163. The maximum absolute atomic E-state index is 11.6. The summed E-state index contributed by atoms with van der Waals surface area (Å²) < 4.78 is 62.6. The third kappa shape index (κ3) is 9.85. The Morgan fingerprint density at radius 2 is 1.45 bits per heavy atom. The van der Waals surface area contributed by atoms with Gasteiger partial charge in [-0.1, -0.05) is 30.3 Å². The predicted molar refractivity (Wildman–Crippen MR) is 154 cm³/mol. The number of thioether (sulfide) groups is 1. The van der Waals surface area contributed by atoms with E-state index >= 15 is 0 Å². The van der Waals surface area contributed by atoms with Crippen LogP contribution in [0.25, 0.3) is 5.57 Å². The molecule has 0 fully saturated rings. The van der Waals surface area contributed by atoms with Gasteiger partial charge in [0.1, 0.15) is 17.2 Å². The molecular weight excluding hydrogens is 667 g/mol. The lowest BCUT2D eigenvalue weighted by atomic mass is 9.97. The number of halogens is 1. The molecule has 0 radical (unpaired) electrons. The van der Waals surface area contributed by atoms with E-state index < -0.39 is 32.8 Å². The van der Waals surface area contributed by atoms with E-state index in [1.54, 1.807) is 42.5 Å². The van der Waals surface area contributed by atoms with Crippen molar-refractivity contribution < 1.29 is 39.8 Å². The Morgan fingerprint density at radius 1 is 0.895 bits per heavy atom. The number of carboxylic acid groups (broad SMARTS) is 1. The van der Waals surface area contributed by atoms with Crippen LogP contribution in [-0.2, 0) is 25.0 Å². The van der Waals surface area contributed by atoms with Gasteiger partial charge in [-0.15, -0.1) is 11.8 Å². The normalized spacial score (nSPS) is 11.4. The summed E-state index contributed by atoms with van der Waals surface area (Å²) in [5.74, 6) is 0.180. The summed E-state index contributed by atoms with van der Waals surface area (Å²) >= 11 is 3.58. The molecule has 9 nitrogen and oxygen atoms in total. The average molecular weight is 691 g/mol. The van der Waals surface area contributed by atoms with Crippen LogP contribution in [0.5, 0.6) is 17.2 Å². The zero-order valence-corrected chi connectivity index (χ0v) is 24.8. The smallest absolute Gasteiger partial charge is 0.341 e. The average Bonchev–Trinajstić information content (AvgIpc) is 2.79. The van der Waals surface area contributed by atoms with Gasteiger partial charge in [0, 0.05) is 10.6 Å². The topological polar surface area (TPSA) is 133 Å². The lowest BCUT2D eigenvalue weighted by Gasteiger charge is -2.13. The molecule has 0 saturated heterocycles. The molecule has 202 valence electrons. The van der Waals surface area contributed by atoms with Crippen LogP contribution in [0.15, 0.2) is 77.7 Å². The summed E-state index contributed by atoms with van der Waals surface area (Å²) in [6.45, 7) is -0.432. The third-order valence-corrected chi connectivity index (χ3v) is 7.33. The second-order valence-electron chi connectivity index (χ2n) is 7.83. The van der Waals surface area contributed by atoms with Gasteiger partial charge in [-0.2, -0.15) is 16.8 Å². The van der Waals surface area contributed by atoms with Crippen LogP contribution in [0.4, 0.5) is 0 Å². The summed E-state index contributed by atoms with van der Waals surface area (Å²) in [6, 6.07) is 18.5. The Labute approximate surface area is 239 Å². The fraction of sp³-hybridized carbons (Fsp3) is 0.160. The van der Waals surface area contributed by atoms with Crippen molar-refractivity contribution in [1.29, 1.82) is 0 Å². The minimum atomic E-state index is -3.73. The number of rotatable bonds is 12. The first-order chi connectivity index (χ1) is 17.8. The minimum absolute atomic E-state index is 0.138. The van der Waals surface area contributed by atoms with Gasteiger partial charge in [0.25, 0.3) is 0 Å². The Hall–Kier alpha value is -2.75. The van der Waals surface area contributed by atoms with Gasteiger partial charge >= 0.3 is 26.2 Å². The highest BCUT2D eigenvalue weighted by atomic mass is 127. The number of hydrogen-bond acceptors (Lipinski definition) is 9. The Morgan fingerprint density at radius 3 is 1.92 bits per heavy atom. The molecular formula is C25H23IO9S3. The van der Waals surface area contributed by atoms with E-state index in [4.69, 9.17) is 18.2 Å². The lowest BCUT2D eigenvalue weighted by molar-refractivity contribution is -0.139. The van der Waals surface area contributed by atoms with Crippen LogP contribution in [0.2, 0.25) is 0 Å². The van der Waals surface area contributed by atoms with Crippen molar-refractivity contribution in [3.8, 4) is 17.2 Å². The van der Waals surface area contributed by atoms with Crippen molar-refractivity contribution in [1.82, 2.24) is 0 Å². The highest BCUT2D eigenvalue weighted by Gasteiger charge is 2.12. The molecule has 0 aliphatic heterocycles. The van der Waals surface area contributed by atoms with Gasteiger partial charge in [0.2, 0.25) is 0 Å². The van der Waals surface area contributed by atoms with E-state index in [2.05, 4.69) is 22.6 Å². The van der Waals surface area contributed by atoms with E-state index in [0.29, 0.717) is 28.2 Å². The number of carboxylic acids is 1. The molecule has 38 heavy (non-hydrogen) atoms. The molecule has 0 aromatic heterocycles. The molecule has 0 saturated carbocycles. The predicted octanol–water partition coefficient (Wildman–Crippen LogP) is 4.66. The highest BCUT2D eigenvalue weighted by molar-refractivity contribution is 14.1. The molecule has 3 rings (SSSR count). The molecule has 0 unspecified atom stereocenters. The maximum atomic E-state index is 11.6.